The lowest BCUT2D eigenvalue weighted by molar-refractivity contribution is -0.249. The Bertz CT molecular complexity index is 95.8. The third kappa shape index (κ3) is 3.36. The Morgan fingerprint density at radius 1 is 1.62 bits per heavy atom. The first kappa shape index (κ1) is 7.17. The van der Waals surface area contributed by atoms with Crippen molar-refractivity contribution < 1.29 is 14.6 Å². The average molecular weight is 116 g/mol. The Kier molecular flexibility index (Phi) is 3.88. The number of rotatable bonds is 2. The number of hydrogen-bond acceptors (Lipinski definition) is 3. The second-order valence-electron chi connectivity index (χ2n) is 1.07. The van der Waals surface area contributed by atoms with Gasteiger partial charge in [0.25, 0.3) is 0 Å². The van der Waals surface area contributed by atoms with Crippen molar-refractivity contribution in [2.24, 2.45) is 0 Å². The van der Waals surface area contributed by atoms with Crippen molar-refractivity contribution in [3.05, 3.63) is 12.2 Å². The predicted octanol–water partition coefficient (Wildman–Crippen LogP) is 0.667. The summed E-state index contributed by atoms with van der Waals surface area (Å²) >= 11 is 0. The van der Waals surface area contributed by atoms with Crippen LogP contribution in [0, 0.1) is 0 Å². The largest absolute Gasteiger partial charge is 0.365 e. The maximum atomic E-state index is 10.2. The van der Waals surface area contributed by atoms with E-state index in [0.717, 1.165) is 0 Å². The van der Waals surface area contributed by atoms with Gasteiger partial charge in [-0.3, -0.25) is 4.89 Å². The molecular formula is C5H8O3. The highest BCUT2D eigenvalue weighted by Gasteiger charge is 1.90. The van der Waals surface area contributed by atoms with Gasteiger partial charge in [0.1, 0.15) is 0 Å². The molecule has 0 fully saturated rings. The molecule has 0 unspecified atom stereocenters. The van der Waals surface area contributed by atoms with E-state index in [1.54, 1.807) is 13.0 Å². The maximum absolute atomic E-state index is 10.2. The first-order chi connectivity index (χ1) is 3.81. The van der Waals surface area contributed by atoms with Gasteiger partial charge < -0.3 is 0 Å². The molecule has 0 aromatic heterocycles. The van der Waals surface area contributed by atoms with Crippen LogP contribution >= 0.6 is 0 Å². The molecule has 0 aromatic rings. The van der Waals surface area contributed by atoms with E-state index in [-0.39, 0.29) is 0 Å². The summed E-state index contributed by atoms with van der Waals surface area (Å²) in [7, 11) is 1.28. The van der Waals surface area contributed by atoms with E-state index >= 15 is 0 Å². The van der Waals surface area contributed by atoms with Gasteiger partial charge in [0.05, 0.1) is 7.11 Å². The summed E-state index contributed by atoms with van der Waals surface area (Å²) < 4.78 is 0. The van der Waals surface area contributed by atoms with Crippen LogP contribution in [0.4, 0.5) is 0 Å². The summed E-state index contributed by atoms with van der Waals surface area (Å²) in [5, 5.41) is 0. The SMILES string of the molecule is C/C=C/C(=O)OOC. The van der Waals surface area contributed by atoms with Crippen molar-refractivity contribution in [3.8, 4) is 0 Å². The van der Waals surface area contributed by atoms with E-state index in [1.807, 2.05) is 0 Å². The van der Waals surface area contributed by atoms with Crippen LogP contribution in [0.3, 0.4) is 0 Å². The van der Waals surface area contributed by atoms with Crippen LogP contribution in [0.2, 0.25) is 0 Å². The maximum Gasteiger partial charge on any atom is 0.365 e. The van der Waals surface area contributed by atoms with E-state index in [2.05, 4.69) is 9.78 Å². The van der Waals surface area contributed by atoms with Crippen LogP contribution in [-0.4, -0.2) is 13.1 Å². The van der Waals surface area contributed by atoms with Crippen LogP contribution in [0.1, 0.15) is 6.92 Å². The number of carbonyl (C=O) groups is 1. The van der Waals surface area contributed by atoms with Crippen molar-refractivity contribution in [1.82, 2.24) is 0 Å². The molecule has 0 aromatic carbocycles. The van der Waals surface area contributed by atoms with Gasteiger partial charge in [-0.1, -0.05) is 6.08 Å². The lowest BCUT2D eigenvalue weighted by Gasteiger charge is -1.89. The molecule has 46 valence electrons. The van der Waals surface area contributed by atoms with Crippen LogP contribution in [-0.2, 0) is 14.6 Å². The van der Waals surface area contributed by atoms with E-state index in [9.17, 15) is 4.79 Å². The second-order valence-corrected chi connectivity index (χ2v) is 1.07. The van der Waals surface area contributed by atoms with Gasteiger partial charge in [0, 0.05) is 6.08 Å². The summed E-state index contributed by atoms with van der Waals surface area (Å²) in [5.41, 5.74) is 0. The molecule has 0 rings (SSSR count). The summed E-state index contributed by atoms with van der Waals surface area (Å²) in [6, 6.07) is 0. The fourth-order valence-corrected chi connectivity index (χ4v) is 0.246. The zero-order chi connectivity index (χ0) is 6.41. The zero-order valence-corrected chi connectivity index (χ0v) is 4.88. The Morgan fingerprint density at radius 3 is 2.62 bits per heavy atom. The molecule has 0 amide bonds. The Balaban J connectivity index is 3.33. The van der Waals surface area contributed by atoms with Crippen LogP contribution < -0.4 is 0 Å². The van der Waals surface area contributed by atoms with E-state index in [0.29, 0.717) is 0 Å². The van der Waals surface area contributed by atoms with Crippen molar-refractivity contribution in [2.75, 3.05) is 7.11 Å². The summed E-state index contributed by atoms with van der Waals surface area (Å²) in [4.78, 5) is 18.3. The summed E-state index contributed by atoms with van der Waals surface area (Å²) in [6.07, 6.45) is 2.84. The van der Waals surface area contributed by atoms with E-state index < -0.39 is 5.97 Å². The molecule has 0 aliphatic heterocycles. The second kappa shape index (κ2) is 4.33. The van der Waals surface area contributed by atoms with Gasteiger partial charge in [0.15, 0.2) is 0 Å². The standard InChI is InChI=1S/C5H8O3/c1-3-4-5(6)8-7-2/h3-4H,1-2H3/b4-3+. The van der Waals surface area contributed by atoms with Gasteiger partial charge in [-0.25, -0.2) is 4.79 Å². The lowest BCUT2D eigenvalue weighted by Crippen LogP contribution is -1.97. The predicted molar refractivity (Wildman–Crippen MR) is 27.9 cm³/mol. The molecule has 0 bridgehead atoms. The minimum Gasteiger partial charge on any atom is -0.294 e. The fraction of sp³-hybridized carbons (Fsp3) is 0.400. The smallest absolute Gasteiger partial charge is 0.294 e. The minimum absolute atomic E-state index is 0.491. The van der Waals surface area contributed by atoms with Crippen molar-refractivity contribution in [2.45, 2.75) is 6.92 Å². The fourth-order valence-electron chi connectivity index (χ4n) is 0.246. The molecule has 0 atom stereocenters. The van der Waals surface area contributed by atoms with Crippen LogP contribution in [0.5, 0.6) is 0 Å². The molecular weight excluding hydrogens is 108 g/mol. The molecule has 3 nitrogen and oxygen atoms in total. The third-order valence-electron chi connectivity index (χ3n) is 0.468. The number of allylic oxidation sites excluding steroid dienone is 1. The van der Waals surface area contributed by atoms with E-state index in [1.165, 1.54) is 13.2 Å². The van der Waals surface area contributed by atoms with Gasteiger partial charge in [-0.05, 0) is 6.92 Å². The topological polar surface area (TPSA) is 35.5 Å². The highest BCUT2D eigenvalue weighted by molar-refractivity contribution is 5.81. The summed E-state index contributed by atoms with van der Waals surface area (Å²) in [5.74, 6) is -0.491. The highest BCUT2D eigenvalue weighted by atomic mass is 17.2. The molecule has 0 aliphatic carbocycles. The monoisotopic (exact) mass is 116 g/mol. The van der Waals surface area contributed by atoms with Crippen molar-refractivity contribution in [3.63, 3.8) is 0 Å². The lowest BCUT2D eigenvalue weighted by atomic mass is 10.5. The van der Waals surface area contributed by atoms with Gasteiger partial charge in [0.2, 0.25) is 0 Å². The zero-order valence-electron chi connectivity index (χ0n) is 4.88. The van der Waals surface area contributed by atoms with E-state index in [4.69, 9.17) is 0 Å². The summed E-state index contributed by atoms with van der Waals surface area (Å²) in [6.45, 7) is 1.72. The Labute approximate surface area is 47.8 Å². The molecule has 0 saturated heterocycles. The molecule has 0 aliphatic rings. The van der Waals surface area contributed by atoms with Gasteiger partial charge in [-0.15, -0.1) is 0 Å². The third-order valence-corrected chi connectivity index (χ3v) is 0.468. The Morgan fingerprint density at radius 2 is 2.25 bits per heavy atom. The van der Waals surface area contributed by atoms with Crippen LogP contribution in [0.15, 0.2) is 12.2 Å². The number of carbonyl (C=O) groups excluding carboxylic acids is 1. The molecule has 0 N–H and O–H groups in total. The molecule has 8 heavy (non-hydrogen) atoms. The number of hydrogen-bond donors (Lipinski definition) is 0. The van der Waals surface area contributed by atoms with Crippen LogP contribution in [0.25, 0.3) is 0 Å². The first-order valence-electron chi connectivity index (χ1n) is 2.18. The molecule has 0 spiro atoms. The highest BCUT2D eigenvalue weighted by Crippen LogP contribution is 1.78. The first-order valence-corrected chi connectivity index (χ1v) is 2.18. The van der Waals surface area contributed by atoms with Gasteiger partial charge in [-0.2, -0.15) is 4.89 Å². The quantitative estimate of drug-likeness (QED) is 0.302. The van der Waals surface area contributed by atoms with Crippen molar-refractivity contribution >= 4 is 5.97 Å². The molecule has 0 radical (unpaired) electrons. The molecule has 3 heteroatoms. The minimum atomic E-state index is -0.491. The van der Waals surface area contributed by atoms with Crippen molar-refractivity contribution in [1.29, 1.82) is 0 Å². The molecule has 0 heterocycles. The average Bonchev–Trinajstić information content (AvgIpc) is 1.68. The molecule has 0 saturated carbocycles. The normalized spacial score (nSPS) is 9.75. The van der Waals surface area contributed by atoms with Gasteiger partial charge >= 0.3 is 5.97 Å². The Hall–Kier alpha value is -0.830.